The van der Waals surface area contributed by atoms with Crippen LogP contribution >= 0.6 is 0 Å². The van der Waals surface area contributed by atoms with Crippen molar-refractivity contribution in [1.29, 1.82) is 0 Å². The zero-order chi connectivity index (χ0) is 5.56. The van der Waals surface area contributed by atoms with Gasteiger partial charge in [-0.15, -0.1) is 0 Å². The smallest absolute Gasteiger partial charge is 0.00699 e. The van der Waals surface area contributed by atoms with Gasteiger partial charge in [-0.2, -0.15) is 0 Å². The summed E-state index contributed by atoms with van der Waals surface area (Å²) in [6, 6.07) is 0.586. The lowest BCUT2D eigenvalue weighted by molar-refractivity contribution is 0.225. The molecule has 0 radical (unpaired) electrons. The quantitative estimate of drug-likeness (QED) is 0.539. The van der Waals surface area contributed by atoms with Crippen molar-refractivity contribution in [2.45, 2.75) is 31.7 Å². The SMILES string of the molecule is N[C@H]1CC[C@@H]1C1CC1. The molecule has 0 aromatic heterocycles. The van der Waals surface area contributed by atoms with Crippen molar-refractivity contribution in [1.82, 2.24) is 0 Å². The molecule has 2 atom stereocenters. The molecule has 0 spiro atoms. The number of hydrogen-bond donors (Lipinski definition) is 1. The highest BCUT2D eigenvalue weighted by Crippen LogP contribution is 2.45. The van der Waals surface area contributed by atoms with E-state index in [2.05, 4.69) is 0 Å². The predicted octanol–water partition coefficient (Wildman–Crippen LogP) is 1.13. The van der Waals surface area contributed by atoms with Gasteiger partial charge in [0.25, 0.3) is 0 Å². The summed E-state index contributed by atoms with van der Waals surface area (Å²) in [4.78, 5) is 0. The molecule has 1 nitrogen and oxygen atoms in total. The Morgan fingerprint density at radius 1 is 1.00 bits per heavy atom. The van der Waals surface area contributed by atoms with E-state index in [1.165, 1.54) is 25.7 Å². The molecule has 0 aliphatic heterocycles. The minimum absolute atomic E-state index is 0.586. The average Bonchev–Trinajstić information content (AvgIpc) is 2.46. The van der Waals surface area contributed by atoms with E-state index in [0.717, 1.165) is 11.8 Å². The van der Waals surface area contributed by atoms with E-state index in [1.807, 2.05) is 0 Å². The maximum atomic E-state index is 5.76. The highest BCUT2D eigenvalue weighted by Gasteiger charge is 2.39. The van der Waals surface area contributed by atoms with Crippen LogP contribution in [0.4, 0.5) is 0 Å². The largest absolute Gasteiger partial charge is 0.327 e. The number of rotatable bonds is 1. The summed E-state index contributed by atoms with van der Waals surface area (Å²) in [5.74, 6) is 1.99. The normalized spacial score (nSPS) is 46.1. The van der Waals surface area contributed by atoms with Crippen molar-refractivity contribution in [2.24, 2.45) is 17.6 Å². The Hall–Kier alpha value is -0.0400. The van der Waals surface area contributed by atoms with E-state index >= 15 is 0 Å². The lowest BCUT2D eigenvalue weighted by Crippen LogP contribution is -2.40. The van der Waals surface area contributed by atoms with Gasteiger partial charge in [-0.25, -0.2) is 0 Å². The molecule has 0 aromatic rings. The van der Waals surface area contributed by atoms with E-state index in [4.69, 9.17) is 5.73 Å². The van der Waals surface area contributed by atoms with Gasteiger partial charge < -0.3 is 5.73 Å². The molecule has 2 aliphatic rings. The fourth-order valence-corrected chi connectivity index (χ4v) is 1.66. The first-order chi connectivity index (χ1) is 3.88. The summed E-state index contributed by atoms with van der Waals surface area (Å²) in [6.45, 7) is 0. The third-order valence-corrected chi connectivity index (χ3v) is 2.61. The van der Waals surface area contributed by atoms with Crippen molar-refractivity contribution in [2.75, 3.05) is 0 Å². The maximum absolute atomic E-state index is 5.76. The van der Waals surface area contributed by atoms with Crippen molar-refractivity contribution in [3.05, 3.63) is 0 Å². The lowest BCUT2D eigenvalue weighted by Gasteiger charge is -2.33. The van der Waals surface area contributed by atoms with Gasteiger partial charge in [-0.3, -0.25) is 0 Å². The van der Waals surface area contributed by atoms with Gasteiger partial charge in [0.15, 0.2) is 0 Å². The van der Waals surface area contributed by atoms with E-state index in [9.17, 15) is 0 Å². The van der Waals surface area contributed by atoms with Crippen LogP contribution in [0, 0.1) is 11.8 Å². The molecule has 1 heteroatoms. The Morgan fingerprint density at radius 3 is 1.88 bits per heavy atom. The van der Waals surface area contributed by atoms with Gasteiger partial charge in [0.2, 0.25) is 0 Å². The topological polar surface area (TPSA) is 26.0 Å². The van der Waals surface area contributed by atoms with Crippen molar-refractivity contribution in [3.8, 4) is 0 Å². The molecule has 0 unspecified atom stereocenters. The highest BCUT2D eigenvalue weighted by atomic mass is 14.7. The van der Waals surface area contributed by atoms with Gasteiger partial charge in [0, 0.05) is 6.04 Å². The van der Waals surface area contributed by atoms with Gasteiger partial charge in [-0.05, 0) is 37.5 Å². The Balaban J connectivity index is 1.87. The van der Waals surface area contributed by atoms with Gasteiger partial charge in [-0.1, -0.05) is 0 Å². The Labute approximate surface area is 50.3 Å². The Morgan fingerprint density at radius 2 is 1.75 bits per heavy atom. The molecular weight excluding hydrogens is 98.1 g/mol. The molecule has 2 aliphatic carbocycles. The van der Waals surface area contributed by atoms with Crippen LogP contribution < -0.4 is 5.73 Å². The lowest BCUT2D eigenvalue weighted by atomic mass is 9.77. The second-order valence-electron chi connectivity index (χ2n) is 3.24. The predicted molar refractivity (Wildman–Crippen MR) is 33.4 cm³/mol. The second kappa shape index (κ2) is 1.47. The molecular formula is C7H13N. The van der Waals surface area contributed by atoms with Crippen LogP contribution in [0.2, 0.25) is 0 Å². The Bertz CT molecular complexity index is 94.6. The van der Waals surface area contributed by atoms with E-state index in [-0.39, 0.29) is 0 Å². The molecule has 0 heterocycles. The highest BCUT2D eigenvalue weighted by molar-refractivity contribution is 4.94. The molecule has 46 valence electrons. The van der Waals surface area contributed by atoms with Gasteiger partial charge in [0.1, 0.15) is 0 Å². The van der Waals surface area contributed by atoms with Crippen molar-refractivity contribution in [3.63, 3.8) is 0 Å². The van der Waals surface area contributed by atoms with Crippen molar-refractivity contribution >= 4 is 0 Å². The molecule has 0 saturated heterocycles. The molecule has 0 amide bonds. The first kappa shape index (κ1) is 4.80. The van der Waals surface area contributed by atoms with Crippen LogP contribution in [-0.4, -0.2) is 6.04 Å². The van der Waals surface area contributed by atoms with E-state index in [0.29, 0.717) is 6.04 Å². The molecule has 0 bridgehead atoms. The molecule has 2 N–H and O–H groups in total. The minimum atomic E-state index is 0.586. The molecule has 2 saturated carbocycles. The maximum Gasteiger partial charge on any atom is 0.00699 e. The van der Waals surface area contributed by atoms with Crippen molar-refractivity contribution < 1.29 is 0 Å². The van der Waals surface area contributed by atoms with Crippen LogP contribution in [0.5, 0.6) is 0 Å². The fraction of sp³-hybridized carbons (Fsp3) is 1.00. The minimum Gasteiger partial charge on any atom is -0.327 e. The second-order valence-corrected chi connectivity index (χ2v) is 3.24. The monoisotopic (exact) mass is 111 g/mol. The fourth-order valence-electron chi connectivity index (χ4n) is 1.66. The first-order valence-corrected chi connectivity index (χ1v) is 3.63. The standard InChI is InChI=1S/C7H13N/c8-7-4-3-6(7)5-1-2-5/h5-7H,1-4,8H2/t6-,7+/m1/s1. The van der Waals surface area contributed by atoms with Crippen LogP contribution in [-0.2, 0) is 0 Å². The summed E-state index contributed by atoms with van der Waals surface area (Å²) in [5.41, 5.74) is 5.76. The zero-order valence-corrected chi connectivity index (χ0v) is 5.14. The zero-order valence-electron chi connectivity index (χ0n) is 5.14. The summed E-state index contributed by atoms with van der Waals surface area (Å²) >= 11 is 0. The summed E-state index contributed by atoms with van der Waals surface area (Å²) in [5, 5.41) is 0. The molecule has 2 rings (SSSR count). The summed E-state index contributed by atoms with van der Waals surface area (Å²) < 4.78 is 0. The average molecular weight is 111 g/mol. The molecule has 8 heavy (non-hydrogen) atoms. The van der Waals surface area contributed by atoms with Crippen LogP contribution in [0.3, 0.4) is 0 Å². The number of nitrogens with two attached hydrogens (primary N) is 1. The Kier molecular flexibility index (Phi) is 0.884. The van der Waals surface area contributed by atoms with Gasteiger partial charge >= 0.3 is 0 Å². The third kappa shape index (κ3) is 0.576. The molecule has 0 aromatic carbocycles. The first-order valence-electron chi connectivity index (χ1n) is 3.63. The van der Waals surface area contributed by atoms with Crippen LogP contribution in [0.15, 0.2) is 0 Å². The van der Waals surface area contributed by atoms with E-state index < -0.39 is 0 Å². The van der Waals surface area contributed by atoms with Crippen LogP contribution in [0.1, 0.15) is 25.7 Å². The van der Waals surface area contributed by atoms with Gasteiger partial charge in [0.05, 0.1) is 0 Å². The summed E-state index contributed by atoms with van der Waals surface area (Å²) in [7, 11) is 0. The van der Waals surface area contributed by atoms with Crippen LogP contribution in [0.25, 0.3) is 0 Å². The molecule has 2 fully saturated rings. The third-order valence-electron chi connectivity index (χ3n) is 2.61. The summed E-state index contributed by atoms with van der Waals surface area (Å²) in [6.07, 6.45) is 5.66. The van der Waals surface area contributed by atoms with E-state index in [1.54, 1.807) is 0 Å². The number of hydrogen-bond acceptors (Lipinski definition) is 1.